The largest absolute Gasteiger partial charge is 0.456 e. The number of rotatable bonds is 4. The zero-order chi connectivity index (χ0) is 35.3. The van der Waals surface area contributed by atoms with Crippen LogP contribution in [-0.4, -0.2) is 19.5 Å². The van der Waals surface area contributed by atoms with E-state index in [1.54, 1.807) is 0 Å². The summed E-state index contributed by atoms with van der Waals surface area (Å²) in [5, 5.41) is 4.54. The van der Waals surface area contributed by atoms with Gasteiger partial charge in [0.15, 0.2) is 17.5 Å². The van der Waals surface area contributed by atoms with Gasteiger partial charge in [0, 0.05) is 43.8 Å². The maximum absolute atomic E-state index is 6.70. The molecule has 0 radical (unpaired) electrons. The summed E-state index contributed by atoms with van der Waals surface area (Å²) in [6.45, 7) is 4.68. The van der Waals surface area contributed by atoms with Crippen LogP contribution in [0.4, 0.5) is 0 Å². The first-order valence-electron chi connectivity index (χ1n) is 18.0. The molecule has 0 N–H and O–H groups in total. The van der Waals surface area contributed by atoms with Gasteiger partial charge in [0.25, 0.3) is 0 Å². The van der Waals surface area contributed by atoms with Crippen molar-refractivity contribution in [1.29, 1.82) is 0 Å². The van der Waals surface area contributed by atoms with E-state index in [-0.39, 0.29) is 5.41 Å². The van der Waals surface area contributed by atoms with Gasteiger partial charge in [-0.15, -0.1) is 0 Å². The molecule has 0 saturated heterocycles. The highest BCUT2D eigenvalue weighted by molar-refractivity contribution is 6.18. The minimum atomic E-state index is -0.145. The van der Waals surface area contributed by atoms with E-state index in [1.165, 1.54) is 38.5 Å². The second kappa shape index (κ2) is 11.1. The highest BCUT2D eigenvalue weighted by Gasteiger charge is 2.37. The van der Waals surface area contributed by atoms with Crippen molar-refractivity contribution >= 4 is 43.7 Å². The summed E-state index contributed by atoms with van der Waals surface area (Å²) in [4.78, 5) is 15.3. The first-order chi connectivity index (χ1) is 26.0. The Morgan fingerprint density at radius 1 is 0.491 bits per heavy atom. The smallest absolute Gasteiger partial charge is 0.164 e. The number of nitrogens with zero attached hydrogens (tertiary/aromatic N) is 4. The zero-order valence-corrected chi connectivity index (χ0v) is 29.2. The van der Waals surface area contributed by atoms with E-state index < -0.39 is 0 Å². The number of aromatic nitrogens is 4. The van der Waals surface area contributed by atoms with Gasteiger partial charge >= 0.3 is 0 Å². The van der Waals surface area contributed by atoms with Gasteiger partial charge in [-0.25, -0.2) is 15.0 Å². The van der Waals surface area contributed by atoms with Crippen LogP contribution in [0.5, 0.6) is 0 Å². The lowest BCUT2D eigenvalue weighted by Gasteiger charge is -2.21. The van der Waals surface area contributed by atoms with Crippen molar-refractivity contribution in [2.75, 3.05) is 0 Å². The molecule has 0 atom stereocenters. The van der Waals surface area contributed by atoms with Crippen LogP contribution >= 0.6 is 0 Å². The minimum absolute atomic E-state index is 0.145. The average molecular weight is 681 g/mol. The van der Waals surface area contributed by atoms with Crippen LogP contribution in [0.2, 0.25) is 0 Å². The van der Waals surface area contributed by atoms with E-state index in [1.807, 2.05) is 72.8 Å². The molecular formula is C48H32N4O. The van der Waals surface area contributed by atoms with Crippen LogP contribution < -0.4 is 0 Å². The minimum Gasteiger partial charge on any atom is -0.456 e. The molecule has 0 amide bonds. The first kappa shape index (κ1) is 29.8. The molecule has 10 aromatic rings. The molecule has 1 aliphatic carbocycles. The standard InChI is InChI=1S/C48H32N4O/c1-48(2)36-22-12-9-20-34(36)42-37(48)26-25-33-32-19-10-13-23-38(32)52(44(33)42)39-27-31(28-41-43(39)35-21-11-14-24-40(35)53-41)47-50-45(29-15-5-3-6-16-29)49-46(51-47)30-17-7-4-8-18-30/h3-28H,1-2H3. The number of hydrogen-bond donors (Lipinski definition) is 0. The summed E-state index contributed by atoms with van der Waals surface area (Å²) in [6, 6.07) is 55.2. The molecule has 1 aliphatic rings. The molecule has 5 nitrogen and oxygen atoms in total. The molecule has 250 valence electrons. The Labute approximate surface area is 305 Å². The predicted molar refractivity (Wildman–Crippen MR) is 215 cm³/mol. The molecule has 0 fully saturated rings. The molecule has 0 aliphatic heterocycles. The van der Waals surface area contributed by atoms with Gasteiger partial charge in [0.2, 0.25) is 0 Å². The van der Waals surface area contributed by atoms with Gasteiger partial charge < -0.3 is 8.98 Å². The normalized spacial score (nSPS) is 13.2. The number of furan rings is 1. The molecule has 0 unspecified atom stereocenters. The lowest BCUT2D eigenvalue weighted by atomic mass is 9.82. The third-order valence-electron chi connectivity index (χ3n) is 11.0. The summed E-state index contributed by atoms with van der Waals surface area (Å²) >= 11 is 0. The Kier molecular flexibility index (Phi) is 6.23. The van der Waals surface area contributed by atoms with E-state index in [0.29, 0.717) is 17.5 Å². The number of hydrogen-bond acceptors (Lipinski definition) is 4. The summed E-state index contributed by atoms with van der Waals surface area (Å²) < 4.78 is 9.17. The van der Waals surface area contributed by atoms with Crippen molar-refractivity contribution in [3.05, 3.63) is 169 Å². The second-order valence-electron chi connectivity index (χ2n) is 14.4. The molecule has 3 aromatic heterocycles. The molecule has 7 aromatic carbocycles. The summed E-state index contributed by atoms with van der Waals surface area (Å²) in [6.07, 6.45) is 0. The van der Waals surface area contributed by atoms with Crippen LogP contribution in [-0.2, 0) is 5.41 Å². The van der Waals surface area contributed by atoms with Crippen LogP contribution in [0.25, 0.3) is 94.7 Å². The SMILES string of the molecule is CC1(C)c2ccccc2-c2c1ccc1c3ccccc3n(-c3cc(-c4nc(-c5ccccc5)nc(-c5ccccc5)n4)cc4oc5ccccc5c34)c21. The number of para-hydroxylation sites is 2. The lowest BCUT2D eigenvalue weighted by Crippen LogP contribution is -2.14. The Hall–Kier alpha value is -6.85. The molecule has 11 rings (SSSR count). The second-order valence-corrected chi connectivity index (χ2v) is 14.4. The van der Waals surface area contributed by atoms with E-state index >= 15 is 0 Å². The predicted octanol–water partition coefficient (Wildman–Crippen LogP) is 12.2. The molecule has 5 heteroatoms. The van der Waals surface area contributed by atoms with Crippen molar-refractivity contribution in [2.45, 2.75) is 19.3 Å². The van der Waals surface area contributed by atoms with Crippen LogP contribution in [0.15, 0.2) is 162 Å². The Balaban J connectivity index is 1.28. The fraction of sp³-hybridized carbons (Fsp3) is 0.0625. The van der Waals surface area contributed by atoms with Gasteiger partial charge in [-0.3, -0.25) is 0 Å². The number of benzene rings is 7. The fourth-order valence-corrected chi connectivity index (χ4v) is 8.57. The summed E-state index contributed by atoms with van der Waals surface area (Å²) in [7, 11) is 0. The van der Waals surface area contributed by atoms with Crippen LogP contribution in [0.3, 0.4) is 0 Å². The maximum atomic E-state index is 6.70. The van der Waals surface area contributed by atoms with Crippen molar-refractivity contribution in [1.82, 2.24) is 19.5 Å². The van der Waals surface area contributed by atoms with E-state index in [2.05, 4.69) is 103 Å². The Morgan fingerprint density at radius 2 is 1.09 bits per heavy atom. The van der Waals surface area contributed by atoms with Gasteiger partial charge in [0.05, 0.1) is 22.1 Å². The topological polar surface area (TPSA) is 56.7 Å². The fourth-order valence-electron chi connectivity index (χ4n) is 8.57. The van der Waals surface area contributed by atoms with E-state index in [0.717, 1.165) is 49.8 Å². The highest BCUT2D eigenvalue weighted by atomic mass is 16.3. The zero-order valence-electron chi connectivity index (χ0n) is 29.2. The van der Waals surface area contributed by atoms with Crippen LogP contribution in [0, 0.1) is 0 Å². The third-order valence-corrected chi connectivity index (χ3v) is 11.0. The molecule has 53 heavy (non-hydrogen) atoms. The van der Waals surface area contributed by atoms with Gasteiger partial charge in [-0.05, 0) is 41.0 Å². The van der Waals surface area contributed by atoms with Gasteiger partial charge in [-0.2, -0.15) is 0 Å². The lowest BCUT2D eigenvalue weighted by molar-refractivity contribution is 0.661. The highest BCUT2D eigenvalue weighted by Crippen LogP contribution is 2.53. The van der Waals surface area contributed by atoms with Crippen molar-refractivity contribution in [3.8, 4) is 51.0 Å². The van der Waals surface area contributed by atoms with Crippen molar-refractivity contribution < 1.29 is 4.42 Å². The monoisotopic (exact) mass is 680 g/mol. The quantitative estimate of drug-likeness (QED) is 0.186. The van der Waals surface area contributed by atoms with E-state index in [4.69, 9.17) is 19.4 Å². The maximum Gasteiger partial charge on any atom is 0.164 e. The van der Waals surface area contributed by atoms with Crippen molar-refractivity contribution in [3.63, 3.8) is 0 Å². The van der Waals surface area contributed by atoms with E-state index in [9.17, 15) is 0 Å². The molecule has 0 bridgehead atoms. The average Bonchev–Trinajstić information content (AvgIpc) is 3.84. The van der Waals surface area contributed by atoms with Crippen molar-refractivity contribution in [2.24, 2.45) is 0 Å². The van der Waals surface area contributed by atoms with Crippen LogP contribution in [0.1, 0.15) is 25.0 Å². The summed E-state index contributed by atoms with van der Waals surface area (Å²) in [5.74, 6) is 1.82. The van der Waals surface area contributed by atoms with Gasteiger partial charge in [-0.1, -0.05) is 147 Å². The molecule has 3 heterocycles. The number of fused-ring (bicyclic) bond motifs is 10. The third kappa shape index (κ3) is 4.34. The molecule has 0 saturated carbocycles. The van der Waals surface area contributed by atoms with Gasteiger partial charge in [0.1, 0.15) is 11.2 Å². The summed E-state index contributed by atoms with van der Waals surface area (Å²) in [5.41, 5.74) is 12.8. The molecule has 0 spiro atoms. The first-order valence-corrected chi connectivity index (χ1v) is 18.0. The molecular weight excluding hydrogens is 649 g/mol. The Bertz CT molecular complexity index is 3020. The Morgan fingerprint density at radius 3 is 1.83 bits per heavy atom.